The lowest BCUT2D eigenvalue weighted by Crippen LogP contribution is -2.14. The molecule has 0 aliphatic heterocycles. The molecule has 0 heterocycles. The first-order chi connectivity index (χ1) is 8.99. The smallest absolute Gasteiger partial charge is 0.146 e. The van der Waals surface area contributed by atoms with Gasteiger partial charge < -0.3 is 11.1 Å². The summed E-state index contributed by atoms with van der Waals surface area (Å²) in [7, 11) is 0. The summed E-state index contributed by atoms with van der Waals surface area (Å²) in [5.74, 6) is -1.01. The topological polar surface area (TPSA) is 38.0 Å². The van der Waals surface area contributed by atoms with E-state index in [-0.39, 0.29) is 16.2 Å². The maximum absolute atomic E-state index is 13.7. The summed E-state index contributed by atoms with van der Waals surface area (Å²) in [6.07, 6.45) is 0. The average molecular weight is 343 g/mol. The fraction of sp³-hybridized carbons (Fsp3) is 0. The Balaban J connectivity index is 2.46. The van der Waals surface area contributed by atoms with Crippen molar-refractivity contribution in [1.29, 1.82) is 0 Å². The van der Waals surface area contributed by atoms with E-state index in [1.54, 1.807) is 18.2 Å². The summed E-state index contributed by atoms with van der Waals surface area (Å²) < 4.78 is 28.0. The van der Waals surface area contributed by atoms with E-state index in [1.165, 1.54) is 18.2 Å². The van der Waals surface area contributed by atoms with Gasteiger partial charge in [0.15, 0.2) is 0 Å². The van der Waals surface area contributed by atoms with Crippen LogP contribution in [0.25, 0.3) is 0 Å². The highest BCUT2D eigenvalue weighted by Crippen LogP contribution is 2.27. The number of rotatable bonds is 3. The molecule has 0 bridgehead atoms. The molecule has 2 aromatic carbocycles. The lowest BCUT2D eigenvalue weighted by molar-refractivity contribution is 0.625. The standard InChI is InChI=1S/C13H9BrF2N2S/c14-7-4-5-8(15)11(6-7)18-10-3-1-2-9(16)12(10)13(17)19/h1-6,18H,(H2,17,19). The number of thiocarbonyl (C=S) groups is 1. The molecule has 0 amide bonds. The van der Waals surface area contributed by atoms with Crippen LogP contribution in [0.2, 0.25) is 0 Å². The van der Waals surface area contributed by atoms with Crippen LogP contribution in [0.5, 0.6) is 0 Å². The molecule has 3 N–H and O–H groups in total. The predicted molar refractivity (Wildman–Crippen MR) is 79.7 cm³/mol. The van der Waals surface area contributed by atoms with Crippen molar-refractivity contribution in [2.24, 2.45) is 5.73 Å². The molecule has 0 aliphatic rings. The lowest BCUT2D eigenvalue weighted by Gasteiger charge is -2.12. The molecule has 2 nitrogen and oxygen atoms in total. The van der Waals surface area contributed by atoms with E-state index >= 15 is 0 Å². The quantitative estimate of drug-likeness (QED) is 0.824. The van der Waals surface area contributed by atoms with E-state index < -0.39 is 11.6 Å². The molecule has 0 radical (unpaired) electrons. The van der Waals surface area contributed by atoms with E-state index in [0.29, 0.717) is 10.2 Å². The minimum atomic E-state index is -0.548. The first-order valence-electron chi connectivity index (χ1n) is 5.29. The summed E-state index contributed by atoms with van der Waals surface area (Å²) >= 11 is 8.05. The van der Waals surface area contributed by atoms with Gasteiger partial charge in [0.1, 0.15) is 16.6 Å². The van der Waals surface area contributed by atoms with Crippen molar-refractivity contribution in [2.75, 3.05) is 5.32 Å². The van der Waals surface area contributed by atoms with Gasteiger partial charge in [-0.3, -0.25) is 0 Å². The Kier molecular flexibility index (Phi) is 4.11. The number of hydrogen-bond acceptors (Lipinski definition) is 2. The van der Waals surface area contributed by atoms with Gasteiger partial charge in [0, 0.05) is 4.47 Å². The van der Waals surface area contributed by atoms with E-state index in [1.807, 2.05) is 0 Å². The zero-order valence-electron chi connectivity index (χ0n) is 9.58. The molecule has 2 rings (SSSR count). The van der Waals surface area contributed by atoms with Gasteiger partial charge in [-0.1, -0.05) is 34.2 Å². The molecule has 0 aromatic heterocycles. The largest absolute Gasteiger partial charge is 0.389 e. The Morgan fingerprint density at radius 3 is 2.53 bits per heavy atom. The van der Waals surface area contributed by atoms with Crippen molar-refractivity contribution in [3.05, 3.63) is 58.1 Å². The molecular formula is C13H9BrF2N2S. The number of anilines is 2. The third-order valence-electron chi connectivity index (χ3n) is 2.46. The van der Waals surface area contributed by atoms with Gasteiger partial charge >= 0.3 is 0 Å². The van der Waals surface area contributed by atoms with Gasteiger partial charge in [0.25, 0.3) is 0 Å². The number of benzene rings is 2. The van der Waals surface area contributed by atoms with Crippen LogP contribution in [0.3, 0.4) is 0 Å². The van der Waals surface area contributed by atoms with Crippen molar-refractivity contribution in [3.8, 4) is 0 Å². The van der Waals surface area contributed by atoms with Crippen molar-refractivity contribution < 1.29 is 8.78 Å². The summed E-state index contributed by atoms with van der Waals surface area (Å²) in [6, 6.07) is 8.74. The normalized spacial score (nSPS) is 10.3. The third-order valence-corrected chi connectivity index (χ3v) is 3.16. The second-order valence-electron chi connectivity index (χ2n) is 3.78. The molecule has 2 aromatic rings. The Morgan fingerprint density at radius 1 is 1.11 bits per heavy atom. The van der Waals surface area contributed by atoms with Crippen LogP contribution in [0.1, 0.15) is 5.56 Å². The highest BCUT2D eigenvalue weighted by molar-refractivity contribution is 9.10. The number of hydrogen-bond donors (Lipinski definition) is 2. The van der Waals surface area contributed by atoms with Crippen molar-refractivity contribution >= 4 is 44.5 Å². The van der Waals surface area contributed by atoms with Gasteiger partial charge in [0.2, 0.25) is 0 Å². The highest BCUT2D eigenvalue weighted by Gasteiger charge is 2.12. The molecule has 98 valence electrons. The van der Waals surface area contributed by atoms with Crippen LogP contribution in [-0.4, -0.2) is 4.99 Å². The predicted octanol–water partition coefficient (Wildman–Crippen LogP) is 4.11. The molecule has 0 saturated heterocycles. The summed E-state index contributed by atoms with van der Waals surface area (Å²) in [5.41, 5.74) is 6.08. The summed E-state index contributed by atoms with van der Waals surface area (Å²) in [4.78, 5) is -0.0870. The minimum Gasteiger partial charge on any atom is -0.389 e. The first-order valence-corrected chi connectivity index (χ1v) is 6.49. The molecule has 19 heavy (non-hydrogen) atoms. The van der Waals surface area contributed by atoms with E-state index in [4.69, 9.17) is 18.0 Å². The number of halogens is 3. The molecule has 0 saturated carbocycles. The van der Waals surface area contributed by atoms with Crippen molar-refractivity contribution in [3.63, 3.8) is 0 Å². The van der Waals surface area contributed by atoms with Crippen LogP contribution in [0, 0.1) is 11.6 Å². The Morgan fingerprint density at radius 2 is 1.84 bits per heavy atom. The Hall–Kier alpha value is -1.53. The van der Waals surface area contributed by atoms with Crippen LogP contribution in [-0.2, 0) is 0 Å². The second kappa shape index (κ2) is 5.63. The SMILES string of the molecule is NC(=S)c1c(F)cccc1Nc1cc(Br)ccc1F. The first kappa shape index (κ1) is 13.9. The molecule has 0 unspecified atom stereocenters. The van der Waals surface area contributed by atoms with E-state index in [2.05, 4.69) is 21.2 Å². The van der Waals surface area contributed by atoms with Gasteiger partial charge in [0.05, 0.1) is 16.9 Å². The minimum absolute atomic E-state index is 0.0666. The molecular weight excluding hydrogens is 334 g/mol. The van der Waals surface area contributed by atoms with Crippen LogP contribution in [0.4, 0.5) is 20.2 Å². The Bertz CT molecular complexity index is 647. The summed E-state index contributed by atoms with van der Waals surface area (Å²) in [6.45, 7) is 0. The van der Waals surface area contributed by atoms with Crippen LogP contribution in [0.15, 0.2) is 40.9 Å². The zero-order chi connectivity index (χ0) is 14.0. The second-order valence-corrected chi connectivity index (χ2v) is 5.13. The van der Waals surface area contributed by atoms with Gasteiger partial charge in [-0.25, -0.2) is 8.78 Å². The molecule has 0 fully saturated rings. The monoisotopic (exact) mass is 342 g/mol. The fourth-order valence-electron chi connectivity index (χ4n) is 1.62. The third kappa shape index (κ3) is 3.08. The van der Waals surface area contributed by atoms with Gasteiger partial charge in [-0.2, -0.15) is 0 Å². The molecule has 6 heteroatoms. The zero-order valence-corrected chi connectivity index (χ0v) is 12.0. The fourth-order valence-corrected chi connectivity index (χ4v) is 2.19. The van der Waals surface area contributed by atoms with Crippen LogP contribution < -0.4 is 11.1 Å². The van der Waals surface area contributed by atoms with Crippen LogP contribution >= 0.6 is 28.1 Å². The number of nitrogens with one attached hydrogen (secondary N) is 1. The molecule has 0 aliphatic carbocycles. The van der Waals surface area contributed by atoms with E-state index in [0.717, 1.165) is 0 Å². The summed E-state index contributed by atoms with van der Waals surface area (Å²) in [5, 5.41) is 2.79. The average Bonchev–Trinajstić information content (AvgIpc) is 2.33. The maximum Gasteiger partial charge on any atom is 0.146 e. The van der Waals surface area contributed by atoms with Crippen molar-refractivity contribution in [2.45, 2.75) is 0 Å². The van der Waals surface area contributed by atoms with E-state index in [9.17, 15) is 8.78 Å². The maximum atomic E-state index is 13.7. The Labute approximate surface area is 122 Å². The lowest BCUT2D eigenvalue weighted by atomic mass is 10.1. The number of nitrogens with two attached hydrogens (primary N) is 1. The molecule has 0 atom stereocenters. The van der Waals surface area contributed by atoms with Gasteiger partial charge in [-0.15, -0.1) is 0 Å². The molecule has 0 spiro atoms. The van der Waals surface area contributed by atoms with Crippen molar-refractivity contribution in [1.82, 2.24) is 0 Å². The van der Waals surface area contributed by atoms with Gasteiger partial charge in [-0.05, 0) is 30.3 Å². The highest BCUT2D eigenvalue weighted by atomic mass is 79.9.